The summed E-state index contributed by atoms with van der Waals surface area (Å²) in [6, 6.07) is 12.5. The van der Waals surface area contributed by atoms with E-state index in [0.717, 1.165) is 18.2 Å². The van der Waals surface area contributed by atoms with Gasteiger partial charge in [-0.3, -0.25) is 19.1 Å². The first-order chi connectivity index (χ1) is 10.4. The predicted octanol–water partition coefficient (Wildman–Crippen LogP) is 2.18. The number of nitrogens with zero attached hydrogens (tertiary/aromatic N) is 1. The van der Waals surface area contributed by atoms with Crippen molar-refractivity contribution in [1.29, 1.82) is 0 Å². The normalized spacial score (nSPS) is 11.1. The molecule has 0 saturated carbocycles. The second-order valence-corrected chi connectivity index (χ2v) is 5.88. The number of nitro benzene ring substituents is 1. The molecule has 0 unspecified atom stereocenters. The van der Waals surface area contributed by atoms with E-state index in [9.17, 15) is 23.3 Å². The van der Waals surface area contributed by atoms with E-state index in [1.165, 1.54) is 18.2 Å². The zero-order valence-corrected chi connectivity index (χ0v) is 12.0. The van der Waals surface area contributed by atoms with E-state index in [1.807, 2.05) is 0 Å². The first-order valence-electron chi connectivity index (χ1n) is 6.12. The summed E-state index contributed by atoms with van der Waals surface area (Å²) in [5.41, 5.74) is -0.0594. The van der Waals surface area contributed by atoms with E-state index in [2.05, 4.69) is 4.18 Å². The van der Waals surface area contributed by atoms with E-state index in [0.29, 0.717) is 5.56 Å². The van der Waals surface area contributed by atoms with Crippen molar-refractivity contribution in [3.05, 3.63) is 70.3 Å². The SMILES string of the molecule is O=C(COS(=O)(=O)c1cccc([N+](=O)[O-])c1)c1ccccc1. The lowest BCUT2D eigenvalue weighted by atomic mass is 10.1. The van der Waals surface area contributed by atoms with E-state index < -0.39 is 27.4 Å². The molecule has 0 aromatic heterocycles. The molecule has 0 fully saturated rings. The number of hydrogen-bond acceptors (Lipinski definition) is 6. The highest BCUT2D eigenvalue weighted by Gasteiger charge is 2.20. The average Bonchev–Trinajstić information content (AvgIpc) is 2.53. The number of non-ortho nitro benzene ring substituents is 1. The Balaban J connectivity index is 2.13. The van der Waals surface area contributed by atoms with Crippen molar-refractivity contribution in [3.8, 4) is 0 Å². The molecule has 2 aromatic carbocycles. The van der Waals surface area contributed by atoms with Gasteiger partial charge in [0.2, 0.25) is 0 Å². The topological polar surface area (TPSA) is 104 Å². The van der Waals surface area contributed by atoms with Crippen molar-refractivity contribution < 1.29 is 22.3 Å². The number of carbonyl (C=O) groups excluding carboxylic acids is 1. The summed E-state index contributed by atoms with van der Waals surface area (Å²) in [5, 5.41) is 10.6. The molecule has 0 amide bonds. The quantitative estimate of drug-likeness (QED) is 0.349. The third-order valence-corrected chi connectivity index (χ3v) is 4.02. The summed E-state index contributed by atoms with van der Waals surface area (Å²) in [7, 11) is -4.24. The molecule has 0 saturated heterocycles. The van der Waals surface area contributed by atoms with Gasteiger partial charge in [0.25, 0.3) is 15.8 Å². The van der Waals surface area contributed by atoms with Gasteiger partial charge < -0.3 is 0 Å². The van der Waals surface area contributed by atoms with E-state index in [-0.39, 0.29) is 10.6 Å². The minimum atomic E-state index is -4.24. The number of ketones is 1. The van der Waals surface area contributed by atoms with Crippen LogP contribution in [0.3, 0.4) is 0 Å². The molecule has 0 aliphatic carbocycles. The lowest BCUT2D eigenvalue weighted by Gasteiger charge is -2.05. The summed E-state index contributed by atoms with van der Waals surface area (Å²) in [4.78, 5) is 21.4. The Morgan fingerprint density at radius 3 is 2.41 bits per heavy atom. The smallest absolute Gasteiger partial charge is 0.291 e. The third kappa shape index (κ3) is 3.74. The highest BCUT2D eigenvalue weighted by atomic mass is 32.2. The number of rotatable bonds is 6. The van der Waals surface area contributed by atoms with Crippen LogP contribution in [0.25, 0.3) is 0 Å². The molecule has 0 N–H and O–H groups in total. The minimum absolute atomic E-state index is 0.316. The molecule has 0 aliphatic rings. The van der Waals surface area contributed by atoms with Gasteiger partial charge in [0.05, 0.1) is 4.92 Å². The van der Waals surface area contributed by atoms with Gasteiger partial charge in [0, 0.05) is 17.7 Å². The van der Waals surface area contributed by atoms with Gasteiger partial charge in [-0.25, -0.2) is 0 Å². The van der Waals surface area contributed by atoms with Gasteiger partial charge in [-0.15, -0.1) is 0 Å². The summed E-state index contributed by atoms with van der Waals surface area (Å²) in [5.74, 6) is -0.505. The van der Waals surface area contributed by atoms with Gasteiger partial charge in [0.1, 0.15) is 11.5 Å². The molecule has 0 radical (unpaired) electrons. The van der Waals surface area contributed by atoms with Crippen molar-refractivity contribution >= 4 is 21.6 Å². The van der Waals surface area contributed by atoms with Crippen molar-refractivity contribution in [3.63, 3.8) is 0 Å². The van der Waals surface area contributed by atoms with Gasteiger partial charge >= 0.3 is 0 Å². The fourth-order valence-electron chi connectivity index (χ4n) is 1.66. The largest absolute Gasteiger partial charge is 0.297 e. The van der Waals surface area contributed by atoms with Crippen LogP contribution in [-0.4, -0.2) is 25.7 Å². The number of carbonyl (C=O) groups is 1. The van der Waals surface area contributed by atoms with Crippen LogP contribution in [0.1, 0.15) is 10.4 Å². The third-order valence-electron chi connectivity index (χ3n) is 2.76. The van der Waals surface area contributed by atoms with Crippen molar-refractivity contribution in [1.82, 2.24) is 0 Å². The Hall–Kier alpha value is -2.58. The molecule has 8 heteroatoms. The second-order valence-electron chi connectivity index (χ2n) is 4.26. The van der Waals surface area contributed by atoms with Crippen LogP contribution < -0.4 is 0 Å². The molecule has 0 heterocycles. The van der Waals surface area contributed by atoms with E-state index >= 15 is 0 Å². The fourth-order valence-corrected chi connectivity index (χ4v) is 2.57. The average molecular weight is 321 g/mol. The maximum atomic E-state index is 11.9. The molecule has 0 spiro atoms. The summed E-state index contributed by atoms with van der Waals surface area (Å²) in [6.07, 6.45) is 0. The summed E-state index contributed by atoms with van der Waals surface area (Å²) in [6.45, 7) is -0.672. The Morgan fingerprint density at radius 2 is 1.77 bits per heavy atom. The Morgan fingerprint density at radius 1 is 1.09 bits per heavy atom. The number of Topliss-reactive ketones (excluding diaryl/α,β-unsaturated/α-hetero) is 1. The van der Waals surface area contributed by atoms with Gasteiger partial charge in [-0.05, 0) is 6.07 Å². The molecule has 114 valence electrons. The summed E-state index contributed by atoms with van der Waals surface area (Å²) < 4.78 is 28.6. The van der Waals surface area contributed by atoms with Gasteiger partial charge in [-0.2, -0.15) is 8.42 Å². The van der Waals surface area contributed by atoms with Crippen LogP contribution in [0.2, 0.25) is 0 Å². The maximum absolute atomic E-state index is 11.9. The molecular weight excluding hydrogens is 310 g/mol. The summed E-state index contributed by atoms with van der Waals surface area (Å²) >= 11 is 0. The molecule has 0 aliphatic heterocycles. The minimum Gasteiger partial charge on any atom is -0.291 e. The zero-order chi connectivity index (χ0) is 16.2. The Kier molecular flexibility index (Phi) is 4.64. The van der Waals surface area contributed by atoms with Crippen LogP contribution in [0.5, 0.6) is 0 Å². The van der Waals surface area contributed by atoms with E-state index in [4.69, 9.17) is 0 Å². The highest BCUT2D eigenvalue weighted by molar-refractivity contribution is 7.86. The van der Waals surface area contributed by atoms with Crippen molar-refractivity contribution in [2.24, 2.45) is 0 Å². The number of benzene rings is 2. The van der Waals surface area contributed by atoms with Crippen molar-refractivity contribution in [2.75, 3.05) is 6.61 Å². The zero-order valence-electron chi connectivity index (χ0n) is 11.2. The molecule has 2 aromatic rings. The Bertz CT molecular complexity index is 801. The van der Waals surface area contributed by atoms with Crippen molar-refractivity contribution in [2.45, 2.75) is 4.90 Å². The van der Waals surface area contributed by atoms with E-state index in [1.54, 1.807) is 18.2 Å². The molecule has 0 bridgehead atoms. The molecule has 22 heavy (non-hydrogen) atoms. The van der Waals surface area contributed by atoms with Gasteiger partial charge in [-0.1, -0.05) is 36.4 Å². The molecule has 7 nitrogen and oxygen atoms in total. The lowest BCUT2D eigenvalue weighted by molar-refractivity contribution is -0.385. The Labute approximate surface area is 126 Å². The fraction of sp³-hybridized carbons (Fsp3) is 0.0714. The predicted molar refractivity (Wildman–Crippen MR) is 77.0 cm³/mol. The molecular formula is C14H11NO6S. The van der Waals surface area contributed by atoms with Crippen LogP contribution >= 0.6 is 0 Å². The molecule has 2 rings (SSSR count). The first-order valence-corrected chi connectivity index (χ1v) is 7.53. The van der Waals surface area contributed by atoms with Crippen LogP contribution in [0.15, 0.2) is 59.5 Å². The van der Waals surface area contributed by atoms with Crippen LogP contribution in [-0.2, 0) is 14.3 Å². The number of nitro groups is 1. The van der Waals surface area contributed by atoms with Crippen LogP contribution in [0, 0.1) is 10.1 Å². The standard InChI is InChI=1S/C14H11NO6S/c16-14(11-5-2-1-3-6-11)10-21-22(19,20)13-8-4-7-12(9-13)15(17)18/h1-9H,10H2. The number of hydrogen-bond donors (Lipinski definition) is 0. The monoisotopic (exact) mass is 321 g/mol. The van der Waals surface area contributed by atoms with Crippen LogP contribution in [0.4, 0.5) is 5.69 Å². The lowest BCUT2D eigenvalue weighted by Crippen LogP contribution is -2.14. The second kappa shape index (κ2) is 6.46. The highest BCUT2D eigenvalue weighted by Crippen LogP contribution is 2.19. The molecule has 0 atom stereocenters. The van der Waals surface area contributed by atoms with Gasteiger partial charge in [0.15, 0.2) is 5.78 Å². The first kappa shape index (κ1) is 15.8. The maximum Gasteiger partial charge on any atom is 0.297 e.